The summed E-state index contributed by atoms with van der Waals surface area (Å²) in [5.41, 5.74) is 3.95. The molecule has 3 rings (SSSR count). The van der Waals surface area contributed by atoms with Crippen LogP contribution in [0.3, 0.4) is 0 Å². The highest BCUT2D eigenvalue weighted by Crippen LogP contribution is 2.25. The van der Waals surface area contributed by atoms with Gasteiger partial charge >= 0.3 is 0 Å². The van der Waals surface area contributed by atoms with E-state index in [-0.39, 0.29) is 0 Å². The molecule has 0 aromatic carbocycles. The maximum atomic E-state index is 9.35. The molecule has 1 atom stereocenters. The second-order valence-electron chi connectivity index (χ2n) is 8.38. The van der Waals surface area contributed by atoms with Crippen LogP contribution < -0.4 is 0 Å². The van der Waals surface area contributed by atoms with E-state index in [0.717, 1.165) is 32.5 Å². The highest BCUT2D eigenvalue weighted by molar-refractivity contribution is 5.25. The summed E-state index contributed by atoms with van der Waals surface area (Å²) in [4.78, 5) is 5.31. The van der Waals surface area contributed by atoms with Crippen molar-refractivity contribution in [2.24, 2.45) is 5.92 Å². The van der Waals surface area contributed by atoms with E-state index in [1.165, 1.54) is 42.9 Å². The minimum Gasteiger partial charge on any atom is -0.396 e. The van der Waals surface area contributed by atoms with E-state index in [1.807, 2.05) is 0 Å². The van der Waals surface area contributed by atoms with Crippen molar-refractivity contribution in [3.63, 3.8) is 0 Å². The van der Waals surface area contributed by atoms with Crippen LogP contribution in [0.2, 0.25) is 0 Å². The Labute approximate surface area is 153 Å². The van der Waals surface area contributed by atoms with Crippen LogP contribution in [0.25, 0.3) is 0 Å². The van der Waals surface area contributed by atoms with Crippen molar-refractivity contribution >= 4 is 0 Å². The van der Waals surface area contributed by atoms with Crippen LogP contribution in [0.4, 0.5) is 0 Å². The Bertz CT molecular complexity index is 560. The Morgan fingerprint density at radius 1 is 1.12 bits per heavy atom. The van der Waals surface area contributed by atoms with Crippen LogP contribution in [0, 0.1) is 19.8 Å². The van der Waals surface area contributed by atoms with Gasteiger partial charge in [0.1, 0.15) is 0 Å². The molecule has 2 saturated heterocycles. The van der Waals surface area contributed by atoms with Gasteiger partial charge in [0.05, 0.1) is 5.69 Å². The number of hydrogen-bond donors (Lipinski definition) is 1. The van der Waals surface area contributed by atoms with Crippen LogP contribution >= 0.6 is 0 Å². The van der Waals surface area contributed by atoms with Crippen LogP contribution in [-0.4, -0.2) is 63.5 Å². The smallest absolute Gasteiger partial charge is 0.0641 e. The molecule has 1 aromatic heterocycles. The van der Waals surface area contributed by atoms with E-state index >= 15 is 0 Å². The molecule has 1 aromatic rings. The zero-order chi connectivity index (χ0) is 18.0. The van der Waals surface area contributed by atoms with Crippen molar-refractivity contribution in [3.05, 3.63) is 17.0 Å². The molecule has 3 heterocycles. The normalized spacial score (nSPS) is 24.3. The molecule has 0 aliphatic carbocycles. The summed E-state index contributed by atoms with van der Waals surface area (Å²) in [6, 6.07) is 1.11. The number of aliphatic hydroxyl groups is 1. The Balaban J connectivity index is 1.61. The Morgan fingerprint density at radius 2 is 1.84 bits per heavy atom. The maximum Gasteiger partial charge on any atom is 0.0641 e. The summed E-state index contributed by atoms with van der Waals surface area (Å²) in [6.07, 6.45) is 4.93. The van der Waals surface area contributed by atoms with E-state index in [1.54, 1.807) is 0 Å². The molecule has 2 aliphatic rings. The average molecular weight is 349 g/mol. The third-order valence-electron chi connectivity index (χ3n) is 6.25. The van der Waals surface area contributed by atoms with Crippen molar-refractivity contribution in [1.29, 1.82) is 0 Å². The van der Waals surface area contributed by atoms with Gasteiger partial charge in [-0.05, 0) is 78.9 Å². The molecule has 25 heavy (non-hydrogen) atoms. The van der Waals surface area contributed by atoms with E-state index in [9.17, 15) is 5.11 Å². The predicted octanol–water partition coefficient (Wildman–Crippen LogP) is 2.75. The van der Waals surface area contributed by atoms with Gasteiger partial charge in [0.2, 0.25) is 0 Å². The van der Waals surface area contributed by atoms with Gasteiger partial charge in [-0.25, -0.2) is 0 Å². The lowest BCUT2D eigenvalue weighted by atomic mass is 9.94. The molecule has 0 unspecified atom stereocenters. The Kier molecular flexibility index (Phi) is 6.18. The summed E-state index contributed by atoms with van der Waals surface area (Å²) >= 11 is 0. The molecular formula is C20H36N4O. The Morgan fingerprint density at radius 3 is 2.44 bits per heavy atom. The van der Waals surface area contributed by atoms with E-state index in [4.69, 9.17) is 5.10 Å². The standard InChI is InChI=1S/C20H36N4O/c1-15(2)24-17(4)20(16(3)21-24)13-22-9-5-6-19(12-22)23-10-7-18(14-25)8-11-23/h15,18-19,25H,5-14H2,1-4H3/t19-/m0/s1. The third kappa shape index (κ3) is 4.26. The molecule has 142 valence electrons. The minimum atomic E-state index is 0.364. The minimum absolute atomic E-state index is 0.364. The average Bonchev–Trinajstić information content (AvgIpc) is 2.90. The predicted molar refractivity (Wildman–Crippen MR) is 102 cm³/mol. The first-order chi connectivity index (χ1) is 12.0. The molecule has 0 spiro atoms. The lowest BCUT2D eigenvalue weighted by molar-refractivity contribution is 0.0543. The van der Waals surface area contributed by atoms with Crippen molar-refractivity contribution in [2.45, 2.75) is 72.0 Å². The first-order valence-electron chi connectivity index (χ1n) is 10.1. The zero-order valence-corrected chi connectivity index (χ0v) is 16.5. The van der Waals surface area contributed by atoms with Crippen LogP contribution in [0.15, 0.2) is 0 Å². The molecule has 0 amide bonds. The van der Waals surface area contributed by atoms with Gasteiger partial charge in [-0.2, -0.15) is 5.10 Å². The highest BCUT2D eigenvalue weighted by Gasteiger charge is 2.29. The molecule has 2 aliphatic heterocycles. The molecule has 2 fully saturated rings. The molecule has 0 radical (unpaired) electrons. The third-order valence-corrected chi connectivity index (χ3v) is 6.25. The van der Waals surface area contributed by atoms with Gasteiger partial charge in [0, 0.05) is 43.0 Å². The van der Waals surface area contributed by atoms with E-state index < -0.39 is 0 Å². The number of rotatable bonds is 5. The molecular weight excluding hydrogens is 312 g/mol. The molecule has 5 nitrogen and oxygen atoms in total. The van der Waals surface area contributed by atoms with Gasteiger partial charge < -0.3 is 5.11 Å². The monoisotopic (exact) mass is 348 g/mol. The number of piperidine rings is 2. The fourth-order valence-corrected chi connectivity index (χ4v) is 4.63. The summed E-state index contributed by atoms with van der Waals surface area (Å²) in [5, 5.41) is 14.1. The summed E-state index contributed by atoms with van der Waals surface area (Å²) < 4.78 is 2.17. The number of aromatic nitrogens is 2. The number of nitrogens with zero attached hydrogens (tertiary/aromatic N) is 4. The van der Waals surface area contributed by atoms with Gasteiger partial charge in [-0.1, -0.05) is 0 Å². The second-order valence-corrected chi connectivity index (χ2v) is 8.38. The van der Waals surface area contributed by atoms with Crippen molar-refractivity contribution in [1.82, 2.24) is 19.6 Å². The number of hydrogen-bond acceptors (Lipinski definition) is 4. The quantitative estimate of drug-likeness (QED) is 0.889. The lowest BCUT2D eigenvalue weighted by Gasteiger charge is -2.42. The maximum absolute atomic E-state index is 9.35. The molecule has 0 bridgehead atoms. The van der Waals surface area contributed by atoms with Gasteiger partial charge in [-0.15, -0.1) is 0 Å². The zero-order valence-electron chi connectivity index (χ0n) is 16.5. The van der Waals surface area contributed by atoms with Gasteiger partial charge in [0.25, 0.3) is 0 Å². The van der Waals surface area contributed by atoms with E-state index in [2.05, 4.69) is 42.2 Å². The number of likely N-dealkylation sites (tertiary alicyclic amines) is 2. The second kappa shape index (κ2) is 8.19. The van der Waals surface area contributed by atoms with Gasteiger partial charge in [0.15, 0.2) is 0 Å². The first-order valence-corrected chi connectivity index (χ1v) is 10.1. The first kappa shape index (κ1) is 18.9. The SMILES string of the molecule is Cc1nn(C(C)C)c(C)c1CN1CCC[C@H](N2CCC(CO)CC2)C1. The molecule has 5 heteroatoms. The fraction of sp³-hybridized carbons (Fsp3) is 0.850. The van der Waals surface area contributed by atoms with Crippen LogP contribution in [-0.2, 0) is 6.54 Å². The lowest BCUT2D eigenvalue weighted by Crippen LogP contribution is -2.50. The molecule has 0 saturated carbocycles. The van der Waals surface area contributed by atoms with Gasteiger partial charge in [-0.3, -0.25) is 14.5 Å². The van der Waals surface area contributed by atoms with Crippen molar-refractivity contribution in [3.8, 4) is 0 Å². The van der Waals surface area contributed by atoms with Crippen molar-refractivity contribution in [2.75, 3.05) is 32.8 Å². The van der Waals surface area contributed by atoms with Crippen LogP contribution in [0.5, 0.6) is 0 Å². The van der Waals surface area contributed by atoms with Crippen molar-refractivity contribution < 1.29 is 5.11 Å². The topological polar surface area (TPSA) is 44.5 Å². The summed E-state index contributed by atoms with van der Waals surface area (Å²) in [7, 11) is 0. The highest BCUT2D eigenvalue weighted by atomic mass is 16.3. The summed E-state index contributed by atoms with van der Waals surface area (Å²) in [6.45, 7) is 14.9. The fourth-order valence-electron chi connectivity index (χ4n) is 4.63. The number of aliphatic hydroxyl groups excluding tert-OH is 1. The number of aryl methyl sites for hydroxylation is 1. The molecule has 1 N–H and O–H groups in total. The van der Waals surface area contributed by atoms with Crippen LogP contribution in [0.1, 0.15) is 62.5 Å². The summed E-state index contributed by atoms with van der Waals surface area (Å²) in [5.74, 6) is 0.531. The Hall–Kier alpha value is -0.910. The largest absolute Gasteiger partial charge is 0.396 e. The van der Waals surface area contributed by atoms with E-state index in [0.29, 0.717) is 24.6 Å².